The Hall–Kier alpha value is -0.120. The Balaban J connectivity index is 1.63. The van der Waals surface area contributed by atoms with Crippen molar-refractivity contribution in [3.05, 3.63) is 0 Å². The molecule has 1 N–H and O–H groups in total. The summed E-state index contributed by atoms with van der Waals surface area (Å²) in [5.41, 5.74) is 0.516. The summed E-state index contributed by atoms with van der Waals surface area (Å²) in [6.45, 7) is 12.2. The molecule has 0 radical (unpaired) electrons. The molecule has 1 saturated carbocycles. The molecule has 1 atom stereocenters. The van der Waals surface area contributed by atoms with E-state index in [-0.39, 0.29) is 0 Å². The third-order valence-corrected chi connectivity index (χ3v) is 4.67. The summed E-state index contributed by atoms with van der Waals surface area (Å²) in [6.07, 6.45) is 4.16. The van der Waals surface area contributed by atoms with E-state index in [4.69, 9.17) is 0 Å². The summed E-state index contributed by atoms with van der Waals surface area (Å²) in [5.74, 6) is 0. The van der Waals surface area contributed by atoms with E-state index in [2.05, 4.69) is 36.0 Å². The van der Waals surface area contributed by atoms with Gasteiger partial charge in [0.2, 0.25) is 0 Å². The predicted molar refractivity (Wildman–Crippen MR) is 73.4 cm³/mol. The van der Waals surface area contributed by atoms with Gasteiger partial charge in [0.1, 0.15) is 0 Å². The number of nitrogens with one attached hydrogen (secondary N) is 1. The highest BCUT2D eigenvalue weighted by Gasteiger charge is 2.33. The Labute approximate surface area is 107 Å². The zero-order valence-corrected chi connectivity index (χ0v) is 11.8. The maximum absolute atomic E-state index is 3.78. The van der Waals surface area contributed by atoms with Crippen molar-refractivity contribution >= 4 is 0 Å². The van der Waals surface area contributed by atoms with Crippen LogP contribution in [0.3, 0.4) is 0 Å². The normalized spacial score (nSPS) is 30.9. The minimum absolute atomic E-state index is 0.516. The third kappa shape index (κ3) is 3.67. The monoisotopic (exact) mass is 239 g/mol. The predicted octanol–water partition coefficient (Wildman–Crippen LogP) is 1.40. The second kappa shape index (κ2) is 5.68. The van der Waals surface area contributed by atoms with Gasteiger partial charge in [-0.1, -0.05) is 20.3 Å². The molecule has 3 nitrogen and oxygen atoms in total. The van der Waals surface area contributed by atoms with Crippen molar-refractivity contribution in [1.82, 2.24) is 15.1 Å². The van der Waals surface area contributed by atoms with E-state index in [0.717, 1.165) is 12.6 Å². The Morgan fingerprint density at radius 2 is 1.88 bits per heavy atom. The van der Waals surface area contributed by atoms with E-state index < -0.39 is 0 Å². The SMILES string of the molecule is CN1CCN(CCNC2CCCC2(C)C)CC1. The highest BCUT2D eigenvalue weighted by Crippen LogP contribution is 2.36. The first-order valence-corrected chi connectivity index (χ1v) is 7.22. The van der Waals surface area contributed by atoms with E-state index in [9.17, 15) is 0 Å². The fourth-order valence-electron chi connectivity index (χ4n) is 3.17. The van der Waals surface area contributed by atoms with Gasteiger partial charge >= 0.3 is 0 Å². The molecule has 0 aromatic rings. The zero-order chi connectivity index (χ0) is 12.3. The second-order valence-corrected chi connectivity index (χ2v) is 6.53. The lowest BCUT2D eigenvalue weighted by atomic mass is 9.87. The van der Waals surface area contributed by atoms with Crippen LogP contribution < -0.4 is 5.32 Å². The molecule has 1 saturated heterocycles. The molecule has 2 aliphatic rings. The van der Waals surface area contributed by atoms with Crippen molar-refractivity contribution in [1.29, 1.82) is 0 Å². The molecule has 0 aromatic carbocycles. The number of hydrogen-bond donors (Lipinski definition) is 1. The van der Waals surface area contributed by atoms with Crippen molar-refractivity contribution in [2.24, 2.45) is 5.41 Å². The maximum atomic E-state index is 3.78. The van der Waals surface area contributed by atoms with Crippen LogP contribution in [0.15, 0.2) is 0 Å². The number of piperazine rings is 1. The fraction of sp³-hybridized carbons (Fsp3) is 1.00. The van der Waals surface area contributed by atoms with Crippen LogP contribution in [0.5, 0.6) is 0 Å². The molecule has 2 fully saturated rings. The first-order chi connectivity index (χ1) is 8.08. The van der Waals surface area contributed by atoms with Gasteiger partial charge in [-0.05, 0) is 25.3 Å². The second-order valence-electron chi connectivity index (χ2n) is 6.53. The van der Waals surface area contributed by atoms with Crippen molar-refractivity contribution in [2.45, 2.75) is 39.2 Å². The van der Waals surface area contributed by atoms with Crippen molar-refractivity contribution in [3.63, 3.8) is 0 Å². The van der Waals surface area contributed by atoms with E-state index in [1.54, 1.807) is 0 Å². The topological polar surface area (TPSA) is 18.5 Å². The van der Waals surface area contributed by atoms with Crippen molar-refractivity contribution < 1.29 is 0 Å². The molecule has 1 unspecified atom stereocenters. The maximum Gasteiger partial charge on any atom is 0.0119 e. The standard InChI is InChI=1S/C14H29N3/c1-14(2)6-4-5-13(14)15-7-8-17-11-9-16(3)10-12-17/h13,15H,4-12H2,1-3H3. The fourth-order valence-corrected chi connectivity index (χ4v) is 3.17. The molecule has 3 heteroatoms. The van der Waals surface area contributed by atoms with Gasteiger partial charge in [0.15, 0.2) is 0 Å². The third-order valence-electron chi connectivity index (χ3n) is 4.67. The van der Waals surface area contributed by atoms with E-state index in [1.807, 2.05) is 0 Å². The lowest BCUT2D eigenvalue weighted by Crippen LogP contribution is -2.48. The van der Waals surface area contributed by atoms with Crippen LogP contribution in [0.25, 0.3) is 0 Å². The first kappa shape index (κ1) is 13.3. The van der Waals surface area contributed by atoms with Crippen LogP contribution >= 0.6 is 0 Å². The quantitative estimate of drug-likeness (QED) is 0.800. The highest BCUT2D eigenvalue weighted by atomic mass is 15.2. The van der Waals surface area contributed by atoms with Crippen molar-refractivity contribution in [3.8, 4) is 0 Å². The van der Waals surface area contributed by atoms with Gasteiger partial charge in [0.05, 0.1) is 0 Å². The summed E-state index contributed by atoms with van der Waals surface area (Å²) in [5, 5.41) is 3.78. The molecule has 2 rings (SSSR count). The van der Waals surface area contributed by atoms with Crippen molar-refractivity contribution in [2.75, 3.05) is 46.3 Å². The molecule has 17 heavy (non-hydrogen) atoms. The Morgan fingerprint density at radius 1 is 1.18 bits per heavy atom. The first-order valence-electron chi connectivity index (χ1n) is 7.22. The number of hydrogen-bond acceptors (Lipinski definition) is 3. The van der Waals surface area contributed by atoms with Crippen LogP contribution in [0.4, 0.5) is 0 Å². The summed E-state index contributed by atoms with van der Waals surface area (Å²) in [7, 11) is 2.22. The molecule has 1 aliphatic carbocycles. The Bertz CT molecular complexity index is 232. The van der Waals surface area contributed by atoms with Crippen LogP contribution in [0.1, 0.15) is 33.1 Å². The minimum Gasteiger partial charge on any atom is -0.312 e. The van der Waals surface area contributed by atoms with Crippen LogP contribution in [0, 0.1) is 5.41 Å². The van der Waals surface area contributed by atoms with Gasteiger partial charge in [-0.2, -0.15) is 0 Å². The summed E-state index contributed by atoms with van der Waals surface area (Å²) < 4.78 is 0. The number of nitrogens with zero attached hydrogens (tertiary/aromatic N) is 2. The van der Waals surface area contributed by atoms with Gasteiger partial charge < -0.3 is 10.2 Å². The largest absolute Gasteiger partial charge is 0.312 e. The van der Waals surface area contributed by atoms with E-state index >= 15 is 0 Å². The Kier molecular flexibility index (Phi) is 4.45. The zero-order valence-electron chi connectivity index (χ0n) is 11.8. The minimum atomic E-state index is 0.516. The van der Waals surface area contributed by atoms with E-state index in [0.29, 0.717) is 5.41 Å². The summed E-state index contributed by atoms with van der Waals surface area (Å²) in [4.78, 5) is 5.01. The average Bonchev–Trinajstić information content (AvgIpc) is 2.61. The van der Waals surface area contributed by atoms with Gasteiger partial charge in [-0.3, -0.25) is 4.90 Å². The molecular weight excluding hydrogens is 210 g/mol. The molecule has 1 aliphatic heterocycles. The average molecular weight is 239 g/mol. The Morgan fingerprint density at radius 3 is 2.47 bits per heavy atom. The molecular formula is C14H29N3. The number of rotatable bonds is 4. The van der Waals surface area contributed by atoms with Crippen LogP contribution in [0.2, 0.25) is 0 Å². The number of likely N-dealkylation sites (N-methyl/N-ethyl adjacent to an activating group) is 1. The molecule has 1 heterocycles. The summed E-state index contributed by atoms with van der Waals surface area (Å²) >= 11 is 0. The lowest BCUT2D eigenvalue weighted by Gasteiger charge is -2.33. The molecule has 0 spiro atoms. The van der Waals surface area contributed by atoms with Gasteiger partial charge in [-0.15, -0.1) is 0 Å². The van der Waals surface area contributed by atoms with Crippen LogP contribution in [-0.2, 0) is 0 Å². The van der Waals surface area contributed by atoms with Crippen LogP contribution in [-0.4, -0.2) is 62.2 Å². The molecule has 0 aromatic heterocycles. The van der Waals surface area contributed by atoms with E-state index in [1.165, 1.54) is 52.0 Å². The molecule has 0 bridgehead atoms. The van der Waals surface area contributed by atoms with Gasteiger partial charge in [0.25, 0.3) is 0 Å². The van der Waals surface area contributed by atoms with Gasteiger partial charge in [0, 0.05) is 45.3 Å². The lowest BCUT2D eigenvalue weighted by molar-refractivity contribution is 0.151. The van der Waals surface area contributed by atoms with Gasteiger partial charge in [-0.25, -0.2) is 0 Å². The molecule has 100 valence electrons. The molecule has 0 amide bonds. The summed E-state index contributed by atoms with van der Waals surface area (Å²) in [6, 6.07) is 0.745. The smallest absolute Gasteiger partial charge is 0.0119 e. The highest BCUT2D eigenvalue weighted by molar-refractivity contribution is 4.90.